The molecule has 1 aliphatic heterocycles. The summed E-state index contributed by atoms with van der Waals surface area (Å²) >= 11 is 0. The zero-order chi connectivity index (χ0) is 16.1. The molecule has 0 radical (unpaired) electrons. The standard InChI is InChI=1S/C17H26N2O3/c1-12(2)19(14-7-8-18-11-14)17(20)10-13-5-6-15(21-3)16(9-13)22-4/h5-6,9,12,14,18H,7-8,10-11H2,1-4H3. The van der Waals surface area contributed by atoms with Crippen LogP contribution in [0.5, 0.6) is 11.5 Å². The van der Waals surface area contributed by atoms with Gasteiger partial charge in [-0.1, -0.05) is 6.07 Å². The van der Waals surface area contributed by atoms with Crippen LogP contribution in [0.15, 0.2) is 18.2 Å². The highest BCUT2D eigenvalue weighted by Gasteiger charge is 2.28. The van der Waals surface area contributed by atoms with E-state index in [0.29, 0.717) is 24.0 Å². The third-order valence-corrected chi connectivity index (χ3v) is 4.08. The van der Waals surface area contributed by atoms with Crippen molar-refractivity contribution < 1.29 is 14.3 Å². The molecular formula is C17H26N2O3. The maximum absolute atomic E-state index is 12.7. The van der Waals surface area contributed by atoms with Crippen LogP contribution in [0.4, 0.5) is 0 Å². The number of nitrogens with one attached hydrogen (secondary N) is 1. The highest BCUT2D eigenvalue weighted by Crippen LogP contribution is 2.28. The Hall–Kier alpha value is -1.75. The smallest absolute Gasteiger partial charge is 0.227 e. The van der Waals surface area contributed by atoms with Crippen molar-refractivity contribution in [1.82, 2.24) is 10.2 Å². The van der Waals surface area contributed by atoms with Gasteiger partial charge in [0.2, 0.25) is 5.91 Å². The topological polar surface area (TPSA) is 50.8 Å². The van der Waals surface area contributed by atoms with Crippen LogP contribution in [-0.4, -0.2) is 50.2 Å². The molecule has 1 aromatic carbocycles. The summed E-state index contributed by atoms with van der Waals surface area (Å²) in [6, 6.07) is 6.15. The van der Waals surface area contributed by atoms with Gasteiger partial charge in [-0.2, -0.15) is 0 Å². The second kappa shape index (κ2) is 7.49. The largest absolute Gasteiger partial charge is 0.493 e. The summed E-state index contributed by atoms with van der Waals surface area (Å²) in [6.45, 7) is 6.02. The molecule has 1 atom stereocenters. The third-order valence-electron chi connectivity index (χ3n) is 4.08. The number of rotatable bonds is 6. The quantitative estimate of drug-likeness (QED) is 0.871. The average Bonchev–Trinajstić information content (AvgIpc) is 3.00. The zero-order valence-electron chi connectivity index (χ0n) is 13.9. The highest BCUT2D eigenvalue weighted by molar-refractivity contribution is 5.79. The van der Waals surface area contributed by atoms with Crippen molar-refractivity contribution in [2.24, 2.45) is 0 Å². The Labute approximate surface area is 132 Å². The van der Waals surface area contributed by atoms with Gasteiger partial charge < -0.3 is 19.7 Å². The highest BCUT2D eigenvalue weighted by atomic mass is 16.5. The molecule has 0 saturated carbocycles. The fraction of sp³-hybridized carbons (Fsp3) is 0.588. The molecule has 0 spiro atoms. The molecule has 1 aliphatic rings. The molecule has 1 amide bonds. The molecule has 1 unspecified atom stereocenters. The summed E-state index contributed by atoms with van der Waals surface area (Å²) in [4.78, 5) is 14.7. The monoisotopic (exact) mass is 306 g/mol. The summed E-state index contributed by atoms with van der Waals surface area (Å²) < 4.78 is 10.5. The molecule has 1 heterocycles. The van der Waals surface area contributed by atoms with Gasteiger partial charge in [-0.05, 0) is 44.5 Å². The fourth-order valence-electron chi connectivity index (χ4n) is 3.05. The molecule has 5 nitrogen and oxygen atoms in total. The Kier molecular flexibility index (Phi) is 5.66. The minimum Gasteiger partial charge on any atom is -0.493 e. The lowest BCUT2D eigenvalue weighted by Crippen LogP contribution is -2.46. The summed E-state index contributed by atoms with van der Waals surface area (Å²) in [5.41, 5.74) is 0.944. The van der Waals surface area contributed by atoms with Crippen LogP contribution in [-0.2, 0) is 11.2 Å². The zero-order valence-corrected chi connectivity index (χ0v) is 13.9. The van der Waals surface area contributed by atoms with Crippen molar-refractivity contribution >= 4 is 5.91 Å². The molecule has 0 bridgehead atoms. The second-order valence-electron chi connectivity index (χ2n) is 5.91. The van der Waals surface area contributed by atoms with Crippen LogP contribution >= 0.6 is 0 Å². The number of nitrogens with zero attached hydrogens (tertiary/aromatic N) is 1. The molecule has 1 saturated heterocycles. The molecule has 1 aromatic rings. The number of methoxy groups -OCH3 is 2. The third kappa shape index (κ3) is 3.71. The number of hydrogen-bond donors (Lipinski definition) is 1. The van der Waals surface area contributed by atoms with Gasteiger partial charge in [0.25, 0.3) is 0 Å². The van der Waals surface area contributed by atoms with E-state index >= 15 is 0 Å². The molecule has 1 fully saturated rings. The van der Waals surface area contributed by atoms with Crippen molar-refractivity contribution in [2.45, 2.75) is 38.8 Å². The molecule has 0 aliphatic carbocycles. The van der Waals surface area contributed by atoms with Gasteiger partial charge in [0, 0.05) is 18.6 Å². The van der Waals surface area contributed by atoms with E-state index in [1.54, 1.807) is 14.2 Å². The first-order chi connectivity index (χ1) is 10.6. The van der Waals surface area contributed by atoms with E-state index in [4.69, 9.17) is 9.47 Å². The van der Waals surface area contributed by atoms with E-state index in [-0.39, 0.29) is 11.9 Å². The molecule has 0 aromatic heterocycles. The van der Waals surface area contributed by atoms with Crippen molar-refractivity contribution in [3.05, 3.63) is 23.8 Å². The van der Waals surface area contributed by atoms with Crippen LogP contribution in [0, 0.1) is 0 Å². The van der Waals surface area contributed by atoms with Gasteiger partial charge >= 0.3 is 0 Å². The first-order valence-corrected chi connectivity index (χ1v) is 7.79. The van der Waals surface area contributed by atoms with Crippen LogP contribution in [0.1, 0.15) is 25.8 Å². The number of hydrogen-bond acceptors (Lipinski definition) is 4. The van der Waals surface area contributed by atoms with E-state index in [2.05, 4.69) is 19.2 Å². The van der Waals surface area contributed by atoms with Gasteiger partial charge in [-0.15, -0.1) is 0 Å². The van der Waals surface area contributed by atoms with Crippen LogP contribution in [0.3, 0.4) is 0 Å². The number of ether oxygens (including phenoxy) is 2. The van der Waals surface area contributed by atoms with Crippen LogP contribution in [0.25, 0.3) is 0 Å². The van der Waals surface area contributed by atoms with Crippen LogP contribution < -0.4 is 14.8 Å². The SMILES string of the molecule is COc1ccc(CC(=O)N(C(C)C)C2CCNC2)cc1OC. The van der Waals surface area contributed by atoms with E-state index in [1.807, 2.05) is 23.1 Å². The molecule has 122 valence electrons. The Morgan fingerprint density at radius 1 is 1.32 bits per heavy atom. The van der Waals surface area contributed by atoms with Gasteiger partial charge in [0.05, 0.1) is 20.6 Å². The fourth-order valence-corrected chi connectivity index (χ4v) is 3.05. The molecule has 1 N–H and O–H groups in total. The summed E-state index contributed by atoms with van der Waals surface area (Å²) in [6.07, 6.45) is 1.41. The van der Waals surface area contributed by atoms with Gasteiger partial charge in [0.15, 0.2) is 11.5 Å². The summed E-state index contributed by atoms with van der Waals surface area (Å²) in [5, 5.41) is 3.33. The lowest BCUT2D eigenvalue weighted by molar-refractivity contribution is -0.134. The summed E-state index contributed by atoms with van der Waals surface area (Å²) in [7, 11) is 3.21. The minimum absolute atomic E-state index is 0.163. The normalized spacial score (nSPS) is 17.6. The van der Waals surface area contributed by atoms with E-state index in [0.717, 1.165) is 25.1 Å². The number of amides is 1. The maximum Gasteiger partial charge on any atom is 0.227 e. The van der Waals surface area contributed by atoms with Crippen molar-refractivity contribution in [2.75, 3.05) is 27.3 Å². The lowest BCUT2D eigenvalue weighted by Gasteiger charge is -2.32. The Morgan fingerprint density at radius 3 is 2.59 bits per heavy atom. The first-order valence-electron chi connectivity index (χ1n) is 7.79. The molecular weight excluding hydrogens is 280 g/mol. The van der Waals surface area contributed by atoms with Gasteiger partial charge in [0.1, 0.15) is 0 Å². The second-order valence-corrected chi connectivity index (χ2v) is 5.91. The van der Waals surface area contributed by atoms with Crippen molar-refractivity contribution in [1.29, 1.82) is 0 Å². The number of carbonyl (C=O) groups is 1. The van der Waals surface area contributed by atoms with E-state index in [1.165, 1.54) is 0 Å². The Bertz CT molecular complexity index is 511. The van der Waals surface area contributed by atoms with E-state index in [9.17, 15) is 4.79 Å². The van der Waals surface area contributed by atoms with Crippen LogP contribution in [0.2, 0.25) is 0 Å². The average molecular weight is 306 g/mol. The first kappa shape index (κ1) is 16.6. The molecule has 22 heavy (non-hydrogen) atoms. The van der Waals surface area contributed by atoms with Gasteiger partial charge in [-0.3, -0.25) is 4.79 Å². The van der Waals surface area contributed by atoms with E-state index < -0.39 is 0 Å². The maximum atomic E-state index is 12.7. The lowest BCUT2D eigenvalue weighted by atomic mass is 10.1. The predicted molar refractivity (Wildman–Crippen MR) is 86.5 cm³/mol. The van der Waals surface area contributed by atoms with Gasteiger partial charge in [-0.25, -0.2) is 0 Å². The summed E-state index contributed by atoms with van der Waals surface area (Å²) in [5.74, 6) is 1.50. The Balaban J connectivity index is 2.12. The Morgan fingerprint density at radius 2 is 2.05 bits per heavy atom. The van der Waals surface area contributed by atoms with Crippen molar-refractivity contribution in [3.63, 3.8) is 0 Å². The number of carbonyl (C=O) groups excluding carboxylic acids is 1. The molecule has 2 rings (SSSR count). The molecule has 5 heteroatoms. The predicted octanol–water partition coefficient (Wildman–Crippen LogP) is 1.85. The number of benzene rings is 1. The van der Waals surface area contributed by atoms with Crippen molar-refractivity contribution in [3.8, 4) is 11.5 Å². The minimum atomic E-state index is 0.163.